The Labute approximate surface area is 116 Å². The highest BCUT2D eigenvalue weighted by Crippen LogP contribution is 2.32. The minimum Gasteiger partial charge on any atom is -0.397 e. The first-order valence-corrected chi connectivity index (χ1v) is 7.00. The molecule has 0 fully saturated rings. The Balaban J connectivity index is 2.19. The molecule has 1 amide bonds. The Kier molecular flexibility index (Phi) is 4.34. The van der Waals surface area contributed by atoms with Gasteiger partial charge in [-0.3, -0.25) is 4.79 Å². The summed E-state index contributed by atoms with van der Waals surface area (Å²) >= 11 is 1.36. The summed E-state index contributed by atoms with van der Waals surface area (Å²) in [6.45, 7) is 1.60. The van der Waals surface area contributed by atoms with Crippen LogP contribution >= 0.6 is 11.3 Å². The predicted octanol–water partition coefficient (Wildman–Crippen LogP) is 1.56. The minimum absolute atomic E-state index is 0.0309. The van der Waals surface area contributed by atoms with Crippen LogP contribution < -0.4 is 11.1 Å². The number of hydrogen-bond acceptors (Lipinski definition) is 5. The van der Waals surface area contributed by atoms with Gasteiger partial charge in [0, 0.05) is 25.2 Å². The molecule has 0 aliphatic rings. The third-order valence-corrected chi connectivity index (χ3v) is 4.08. The minimum atomic E-state index is -0.0309. The molecule has 3 N–H and O–H groups in total. The van der Waals surface area contributed by atoms with E-state index >= 15 is 0 Å². The lowest BCUT2D eigenvalue weighted by Gasteiger charge is -2.16. The lowest BCUT2D eigenvalue weighted by atomic mass is 10.2. The highest BCUT2D eigenvalue weighted by atomic mass is 32.1. The number of pyridine rings is 1. The van der Waals surface area contributed by atoms with Gasteiger partial charge in [-0.2, -0.15) is 0 Å². The van der Waals surface area contributed by atoms with Crippen molar-refractivity contribution in [2.24, 2.45) is 0 Å². The van der Waals surface area contributed by atoms with Gasteiger partial charge >= 0.3 is 0 Å². The van der Waals surface area contributed by atoms with Crippen molar-refractivity contribution in [2.75, 3.05) is 32.9 Å². The highest BCUT2D eigenvalue weighted by Gasteiger charge is 2.19. The van der Waals surface area contributed by atoms with Crippen molar-refractivity contribution in [3.63, 3.8) is 0 Å². The summed E-state index contributed by atoms with van der Waals surface area (Å²) in [5.74, 6) is -0.0309. The lowest BCUT2D eigenvalue weighted by Crippen LogP contribution is -2.29. The summed E-state index contributed by atoms with van der Waals surface area (Å²) in [6.07, 6.45) is 2.63. The summed E-state index contributed by atoms with van der Waals surface area (Å²) in [7, 11) is 3.70. The number of rotatable bonds is 5. The van der Waals surface area contributed by atoms with Gasteiger partial charge in [-0.15, -0.1) is 11.3 Å². The number of carbonyl (C=O) groups excluding carboxylic acids is 1. The van der Waals surface area contributed by atoms with Crippen LogP contribution in [0.2, 0.25) is 0 Å². The molecule has 102 valence electrons. The van der Waals surface area contributed by atoms with Crippen molar-refractivity contribution < 1.29 is 4.79 Å². The van der Waals surface area contributed by atoms with E-state index in [1.165, 1.54) is 11.3 Å². The topological polar surface area (TPSA) is 71.2 Å². The SMILES string of the molecule is CNCCCN(C)C(=O)c1sc2ncccc2c1N. The van der Waals surface area contributed by atoms with Crippen LogP contribution in [-0.4, -0.2) is 43.0 Å². The van der Waals surface area contributed by atoms with Crippen LogP contribution in [0.4, 0.5) is 5.69 Å². The van der Waals surface area contributed by atoms with Crippen molar-refractivity contribution in [1.29, 1.82) is 0 Å². The third kappa shape index (κ3) is 2.85. The van der Waals surface area contributed by atoms with E-state index in [-0.39, 0.29) is 5.91 Å². The van der Waals surface area contributed by atoms with Crippen LogP contribution in [0.15, 0.2) is 18.3 Å². The number of fused-ring (bicyclic) bond motifs is 1. The number of amides is 1. The van der Waals surface area contributed by atoms with Gasteiger partial charge in [0.2, 0.25) is 0 Å². The molecule has 6 heteroatoms. The molecular weight excluding hydrogens is 260 g/mol. The smallest absolute Gasteiger partial charge is 0.265 e. The molecule has 0 spiro atoms. The van der Waals surface area contributed by atoms with Gasteiger partial charge in [-0.1, -0.05) is 0 Å². The Morgan fingerprint density at radius 2 is 2.37 bits per heavy atom. The van der Waals surface area contributed by atoms with Crippen molar-refractivity contribution in [3.05, 3.63) is 23.2 Å². The molecule has 0 radical (unpaired) electrons. The third-order valence-electron chi connectivity index (χ3n) is 2.97. The molecule has 2 heterocycles. The Morgan fingerprint density at radius 3 is 3.05 bits per heavy atom. The number of nitrogens with two attached hydrogens (primary N) is 1. The van der Waals surface area contributed by atoms with E-state index < -0.39 is 0 Å². The first-order valence-electron chi connectivity index (χ1n) is 6.18. The standard InChI is InChI=1S/C13H18N4OS/c1-15-6-4-8-17(2)13(18)11-10(14)9-5-3-7-16-12(9)19-11/h3,5,7,15H,4,6,8,14H2,1-2H3. The normalized spacial score (nSPS) is 10.8. The van der Waals surface area contributed by atoms with Crippen molar-refractivity contribution in [1.82, 2.24) is 15.2 Å². The zero-order valence-corrected chi connectivity index (χ0v) is 12.0. The molecule has 2 aromatic heterocycles. The van der Waals surface area contributed by atoms with Gasteiger partial charge in [0.1, 0.15) is 9.71 Å². The van der Waals surface area contributed by atoms with Gasteiger partial charge in [0.05, 0.1) is 5.69 Å². The van der Waals surface area contributed by atoms with Crippen LogP contribution in [0.5, 0.6) is 0 Å². The molecule has 0 atom stereocenters. The number of nitrogen functional groups attached to an aromatic ring is 1. The second kappa shape index (κ2) is 5.99. The summed E-state index contributed by atoms with van der Waals surface area (Å²) < 4.78 is 0. The van der Waals surface area contributed by atoms with Crippen LogP contribution in [0.25, 0.3) is 10.2 Å². The zero-order valence-electron chi connectivity index (χ0n) is 11.1. The van der Waals surface area contributed by atoms with E-state index in [1.54, 1.807) is 18.1 Å². The second-order valence-corrected chi connectivity index (χ2v) is 5.38. The molecule has 0 aromatic carbocycles. The fourth-order valence-electron chi connectivity index (χ4n) is 1.88. The maximum Gasteiger partial charge on any atom is 0.265 e. The second-order valence-electron chi connectivity index (χ2n) is 4.38. The van der Waals surface area contributed by atoms with Crippen molar-refractivity contribution in [3.8, 4) is 0 Å². The zero-order chi connectivity index (χ0) is 13.8. The molecule has 2 aromatic rings. The number of nitrogens with zero attached hydrogens (tertiary/aromatic N) is 2. The summed E-state index contributed by atoms with van der Waals surface area (Å²) in [5.41, 5.74) is 6.58. The molecule has 0 saturated heterocycles. The van der Waals surface area contributed by atoms with Crippen molar-refractivity contribution in [2.45, 2.75) is 6.42 Å². The molecule has 0 aliphatic carbocycles. The molecule has 0 aliphatic heterocycles. The molecular formula is C13H18N4OS. The summed E-state index contributed by atoms with van der Waals surface area (Å²) in [6, 6.07) is 3.72. The first kappa shape index (κ1) is 13.8. The molecule has 5 nitrogen and oxygen atoms in total. The summed E-state index contributed by atoms with van der Waals surface area (Å²) in [5, 5.41) is 3.93. The largest absolute Gasteiger partial charge is 0.397 e. The first-order chi connectivity index (χ1) is 9.15. The van der Waals surface area contributed by atoms with Gasteiger partial charge in [0.25, 0.3) is 5.91 Å². The molecule has 0 saturated carbocycles. The van der Waals surface area contributed by atoms with E-state index in [9.17, 15) is 4.79 Å². The van der Waals surface area contributed by atoms with E-state index in [0.29, 0.717) is 17.1 Å². The summed E-state index contributed by atoms with van der Waals surface area (Å²) in [4.78, 5) is 19.7. The number of aromatic nitrogens is 1. The fraction of sp³-hybridized carbons (Fsp3) is 0.385. The monoisotopic (exact) mass is 278 g/mol. The van der Waals surface area contributed by atoms with Gasteiger partial charge < -0.3 is 16.0 Å². The van der Waals surface area contributed by atoms with Gasteiger partial charge in [0.15, 0.2) is 0 Å². The predicted molar refractivity (Wildman–Crippen MR) is 79.5 cm³/mol. The maximum absolute atomic E-state index is 12.3. The Morgan fingerprint density at radius 1 is 1.58 bits per heavy atom. The Hall–Kier alpha value is -1.66. The number of thiophene rings is 1. The van der Waals surface area contributed by atoms with Gasteiger partial charge in [-0.25, -0.2) is 4.98 Å². The van der Waals surface area contributed by atoms with Crippen molar-refractivity contribution >= 4 is 33.1 Å². The van der Waals surface area contributed by atoms with Gasteiger partial charge in [-0.05, 0) is 32.1 Å². The van der Waals surface area contributed by atoms with Crippen LogP contribution in [0.3, 0.4) is 0 Å². The fourth-order valence-corrected chi connectivity index (χ4v) is 2.94. The average molecular weight is 278 g/mol. The number of hydrogen-bond donors (Lipinski definition) is 2. The average Bonchev–Trinajstić information content (AvgIpc) is 2.76. The molecule has 19 heavy (non-hydrogen) atoms. The maximum atomic E-state index is 12.3. The molecule has 2 rings (SSSR count). The van der Waals surface area contributed by atoms with E-state index in [1.807, 2.05) is 19.2 Å². The van der Waals surface area contributed by atoms with Crippen LogP contribution in [0.1, 0.15) is 16.1 Å². The molecule has 0 unspecified atom stereocenters. The quantitative estimate of drug-likeness (QED) is 0.814. The number of anilines is 1. The highest BCUT2D eigenvalue weighted by molar-refractivity contribution is 7.21. The van der Waals surface area contributed by atoms with E-state index in [2.05, 4.69) is 10.3 Å². The van der Waals surface area contributed by atoms with E-state index in [0.717, 1.165) is 23.2 Å². The van der Waals surface area contributed by atoms with E-state index in [4.69, 9.17) is 5.73 Å². The number of carbonyl (C=O) groups is 1. The lowest BCUT2D eigenvalue weighted by molar-refractivity contribution is 0.0799. The Bertz CT molecular complexity index is 581. The number of nitrogens with one attached hydrogen (secondary N) is 1. The van der Waals surface area contributed by atoms with Crippen LogP contribution in [-0.2, 0) is 0 Å². The van der Waals surface area contributed by atoms with Crippen LogP contribution in [0, 0.1) is 0 Å². The molecule has 0 bridgehead atoms.